The van der Waals surface area contributed by atoms with Crippen molar-refractivity contribution in [2.75, 3.05) is 13.2 Å². The molecule has 0 fully saturated rings. The standard InChI is InChI=1S/C24H46O4Si2/c1-23(2,3)29(7,8)27-21(17-13-11-15-19-25)22(18-14-12-16-20-26)28-30(9,10)24(4,5)6/h21-22,25-26H,13-14,17-20H2,1-10H3/t21-,22-/m1/s1. The lowest BCUT2D eigenvalue weighted by Gasteiger charge is -2.45. The minimum Gasteiger partial charge on any atom is -0.411 e. The Labute approximate surface area is 188 Å². The first kappa shape index (κ1) is 29.4. The average Bonchev–Trinajstić information content (AvgIpc) is 2.58. The topological polar surface area (TPSA) is 58.9 Å². The maximum atomic E-state index is 8.99. The number of hydrogen-bond donors (Lipinski definition) is 2. The summed E-state index contributed by atoms with van der Waals surface area (Å²) in [4.78, 5) is 0. The van der Waals surface area contributed by atoms with Gasteiger partial charge in [-0.15, -0.1) is 11.8 Å². The van der Waals surface area contributed by atoms with E-state index in [9.17, 15) is 0 Å². The molecule has 0 aliphatic rings. The molecule has 0 aliphatic heterocycles. The molecule has 0 aromatic carbocycles. The molecule has 0 aromatic heterocycles. The van der Waals surface area contributed by atoms with Gasteiger partial charge in [-0.05, 0) is 49.1 Å². The zero-order valence-corrected chi connectivity index (χ0v) is 23.1. The first-order valence-corrected chi connectivity index (χ1v) is 16.9. The van der Waals surface area contributed by atoms with E-state index in [2.05, 4.69) is 91.4 Å². The normalized spacial score (nSPS) is 14.9. The molecule has 0 unspecified atom stereocenters. The van der Waals surface area contributed by atoms with Crippen molar-refractivity contribution in [1.29, 1.82) is 0 Å². The second-order valence-electron chi connectivity index (χ2n) is 10.9. The van der Waals surface area contributed by atoms with E-state index in [1.807, 2.05) is 0 Å². The second-order valence-corrected chi connectivity index (χ2v) is 20.4. The molecule has 2 N–H and O–H groups in total. The van der Waals surface area contributed by atoms with Gasteiger partial charge < -0.3 is 19.1 Å². The fourth-order valence-electron chi connectivity index (χ4n) is 2.47. The summed E-state index contributed by atoms with van der Waals surface area (Å²) in [7, 11) is -4.03. The van der Waals surface area contributed by atoms with E-state index in [1.54, 1.807) is 0 Å². The summed E-state index contributed by atoms with van der Waals surface area (Å²) in [5.74, 6) is 11.6. The minimum atomic E-state index is -2.01. The summed E-state index contributed by atoms with van der Waals surface area (Å²) in [5, 5.41) is 18.2. The molecule has 0 amide bonds. The van der Waals surface area contributed by atoms with E-state index < -0.39 is 16.6 Å². The maximum absolute atomic E-state index is 8.99. The van der Waals surface area contributed by atoms with Gasteiger partial charge in [-0.1, -0.05) is 53.4 Å². The smallest absolute Gasteiger partial charge is 0.192 e. The van der Waals surface area contributed by atoms with Crippen molar-refractivity contribution >= 4 is 16.6 Å². The lowest BCUT2D eigenvalue weighted by Crippen LogP contribution is -2.51. The van der Waals surface area contributed by atoms with Crippen LogP contribution in [0.4, 0.5) is 0 Å². The number of hydrogen-bond acceptors (Lipinski definition) is 4. The lowest BCUT2D eigenvalue weighted by molar-refractivity contribution is 0.0271. The van der Waals surface area contributed by atoms with Crippen LogP contribution in [0, 0.1) is 23.7 Å². The van der Waals surface area contributed by atoms with Crippen LogP contribution in [0.25, 0.3) is 0 Å². The highest BCUT2D eigenvalue weighted by molar-refractivity contribution is 6.74. The van der Waals surface area contributed by atoms with E-state index in [0.717, 1.165) is 12.8 Å². The Balaban J connectivity index is 5.87. The van der Waals surface area contributed by atoms with Crippen molar-refractivity contribution in [2.24, 2.45) is 0 Å². The van der Waals surface area contributed by atoms with E-state index >= 15 is 0 Å². The summed E-state index contributed by atoms with van der Waals surface area (Å²) in [6.07, 6.45) is 2.74. The minimum absolute atomic E-state index is 0.0658. The quantitative estimate of drug-likeness (QED) is 0.366. The molecule has 0 bridgehead atoms. The van der Waals surface area contributed by atoms with Crippen molar-refractivity contribution in [2.45, 2.75) is 116 Å². The molecule has 0 spiro atoms. The van der Waals surface area contributed by atoms with Crippen LogP contribution in [0.3, 0.4) is 0 Å². The molecular weight excluding hydrogens is 408 g/mol. The van der Waals surface area contributed by atoms with Crippen LogP contribution in [-0.4, -0.2) is 52.3 Å². The van der Waals surface area contributed by atoms with Crippen LogP contribution in [0.5, 0.6) is 0 Å². The Kier molecular flexibility index (Phi) is 12.2. The second kappa shape index (κ2) is 12.4. The molecule has 0 rings (SSSR count). The van der Waals surface area contributed by atoms with Gasteiger partial charge in [-0.2, -0.15) is 0 Å². The van der Waals surface area contributed by atoms with Crippen molar-refractivity contribution in [3.63, 3.8) is 0 Å². The number of rotatable bonds is 9. The Hall–Kier alpha value is -0.606. The van der Waals surface area contributed by atoms with E-state index in [-0.39, 0.29) is 35.5 Å². The third-order valence-electron chi connectivity index (χ3n) is 6.43. The van der Waals surface area contributed by atoms with Crippen LogP contribution in [0.2, 0.25) is 36.3 Å². The Bertz CT molecular complexity index is 566. The molecule has 0 aromatic rings. The summed E-state index contributed by atoms with van der Waals surface area (Å²) < 4.78 is 13.7. The Morgan fingerprint density at radius 3 is 1.17 bits per heavy atom. The van der Waals surface area contributed by atoms with Crippen molar-refractivity contribution in [3.05, 3.63) is 0 Å². The van der Waals surface area contributed by atoms with Crippen molar-refractivity contribution in [1.82, 2.24) is 0 Å². The third kappa shape index (κ3) is 10.1. The van der Waals surface area contributed by atoms with Crippen molar-refractivity contribution in [3.8, 4) is 23.7 Å². The highest BCUT2D eigenvalue weighted by atomic mass is 28.4. The lowest BCUT2D eigenvalue weighted by atomic mass is 10.0. The third-order valence-corrected chi connectivity index (χ3v) is 15.4. The number of aliphatic hydroxyl groups excluding tert-OH is 2. The molecule has 0 heterocycles. The Morgan fingerprint density at radius 2 is 0.933 bits per heavy atom. The largest absolute Gasteiger partial charge is 0.411 e. The molecule has 174 valence electrons. The van der Waals surface area contributed by atoms with Crippen LogP contribution in [-0.2, 0) is 8.85 Å². The number of aliphatic hydroxyl groups is 2. The van der Waals surface area contributed by atoms with Crippen LogP contribution >= 0.6 is 0 Å². The molecule has 2 atom stereocenters. The summed E-state index contributed by atoms with van der Waals surface area (Å²) in [6, 6.07) is 0. The zero-order chi connectivity index (χ0) is 23.6. The molecule has 30 heavy (non-hydrogen) atoms. The summed E-state index contributed by atoms with van der Waals surface area (Å²) in [6.45, 7) is 22.3. The molecule has 4 nitrogen and oxygen atoms in total. The van der Waals surface area contributed by atoms with Gasteiger partial charge >= 0.3 is 0 Å². The van der Waals surface area contributed by atoms with Gasteiger partial charge in [0.05, 0.1) is 12.2 Å². The summed E-state index contributed by atoms with van der Waals surface area (Å²) >= 11 is 0. The van der Waals surface area contributed by atoms with E-state index in [1.165, 1.54) is 0 Å². The highest BCUT2D eigenvalue weighted by Gasteiger charge is 2.44. The van der Waals surface area contributed by atoms with Gasteiger partial charge in [0.25, 0.3) is 0 Å². The first-order valence-electron chi connectivity index (χ1n) is 11.1. The fraction of sp³-hybridized carbons (Fsp3) is 0.833. The average molecular weight is 455 g/mol. The van der Waals surface area contributed by atoms with Crippen LogP contribution in [0.1, 0.15) is 67.2 Å². The first-order chi connectivity index (χ1) is 13.6. The highest BCUT2D eigenvalue weighted by Crippen LogP contribution is 2.41. The van der Waals surface area contributed by atoms with E-state index in [4.69, 9.17) is 19.1 Å². The predicted octanol–water partition coefficient (Wildman–Crippen LogP) is 5.32. The monoisotopic (exact) mass is 454 g/mol. The predicted molar refractivity (Wildman–Crippen MR) is 132 cm³/mol. The maximum Gasteiger partial charge on any atom is 0.192 e. The SMILES string of the molecule is CC(C)(C)[Si](C)(C)O[C@H](CCC#CCO)[C@@H](CCC#CCO)O[Si](C)(C)C(C)(C)C. The fourth-order valence-corrected chi connectivity index (χ4v) is 5.23. The molecular formula is C24H46O4Si2. The van der Waals surface area contributed by atoms with Crippen molar-refractivity contribution < 1.29 is 19.1 Å². The molecule has 0 saturated carbocycles. The molecule has 0 aliphatic carbocycles. The van der Waals surface area contributed by atoms with Crippen LogP contribution in [0.15, 0.2) is 0 Å². The Morgan fingerprint density at radius 1 is 0.633 bits per heavy atom. The van der Waals surface area contributed by atoms with Gasteiger partial charge in [0.15, 0.2) is 16.6 Å². The molecule has 0 radical (unpaired) electrons. The molecule has 6 heteroatoms. The molecule has 0 saturated heterocycles. The van der Waals surface area contributed by atoms with Gasteiger partial charge in [0.2, 0.25) is 0 Å². The van der Waals surface area contributed by atoms with E-state index in [0.29, 0.717) is 12.8 Å². The van der Waals surface area contributed by atoms with Gasteiger partial charge in [-0.3, -0.25) is 0 Å². The van der Waals surface area contributed by atoms with Gasteiger partial charge in [0.1, 0.15) is 13.2 Å². The zero-order valence-electron chi connectivity index (χ0n) is 21.1. The van der Waals surface area contributed by atoms with Gasteiger partial charge in [0, 0.05) is 12.8 Å². The summed E-state index contributed by atoms with van der Waals surface area (Å²) in [5.41, 5.74) is 0. The van der Waals surface area contributed by atoms with Gasteiger partial charge in [-0.25, -0.2) is 0 Å². The van der Waals surface area contributed by atoms with Crippen LogP contribution < -0.4 is 0 Å².